The number of carbonyl (C=O) groups is 2. The minimum absolute atomic E-state index is 0.159. The molecule has 4 atom stereocenters. The molecule has 4 heteroatoms. The minimum Gasteiger partial charge on any atom is -0.497 e. The molecule has 0 bridgehead atoms. The molecule has 1 aromatic rings. The second-order valence-electron chi connectivity index (χ2n) is 9.16. The summed E-state index contributed by atoms with van der Waals surface area (Å²) in [5.74, 6) is 2.09. The van der Waals surface area contributed by atoms with Crippen LogP contribution < -0.4 is 4.74 Å². The van der Waals surface area contributed by atoms with E-state index in [0.29, 0.717) is 37.1 Å². The van der Waals surface area contributed by atoms with Crippen LogP contribution in [0.25, 0.3) is 0 Å². The Morgan fingerprint density at radius 3 is 2.59 bits per heavy atom. The second kappa shape index (κ2) is 6.94. The molecule has 1 aliphatic heterocycles. The van der Waals surface area contributed by atoms with Crippen molar-refractivity contribution in [3.63, 3.8) is 0 Å². The zero-order valence-corrected chi connectivity index (χ0v) is 17.2. The Balaban J connectivity index is 1.66. The van der Waals surface area contributed by atoms with Crippen molar-refractivity contribution in [1.29, 1.82) is 0 Å². The summed E-state index contributed by atoms with van der Waals surface area (Å²) < 4.78 is 11.9. The normalized spacial score (nSPS) is 34.1. The maximum Gasteiger partial charge on any atom is 0.156 e. The van der Waals surface area contributed by atoms with E-state index in [2.05, 4.69) is 19.1 Å². The lowest BCUT2D eigenvalue weighted by molar-refractivity contribution is -0.130. The highest BCUT2D eigenvalue weighted by molar-refractivity contribution is 5.93. The molecule has 0 amide bonds. The number of hydrogen-bond donors (Lipinski definition) is 0. The predicted octanol–water partition coefficient (Wildman–Crippen LogP) is 4.75. The molecule has 1 saturated carbocycles. The molecule has 0 spiro atoms. The van der Waals surface area contributed by atoms with Gasteiger partial charge in [0.25, 0.3) is 0 Å². The average molecular weight is 392 g/mol. The molecule has 4 aliphatic rings. The third kappa shape index (κ3) is 2.92. The maximum absolute atomic E-state index is 12.8. The first-order chi connectivity index (χ1) is 14.0. The van der Waals surface area contributed by atoms with Gasteiger partial charge < -0.3 is 9.47 Å². The SMILES string of the molecule is COc1ccc([C@@H]2OC[C@]3(C)C(=O)CCC3C3CCC4=CC(=O)CCC4=C32)cc1. The highest BCUT2D eigenvalue weighted by Gasteiger charge is 2.54. The molecule has 152 valence electrons. The van der Waals surface area contributed by atoms with Crippen LogP contribution in [0.3, 0.4) is 0 Å². The van der Waals surface area contributed by atoms with Gasteiger partial charge in [-0.3, -0.25) is 9.59 Å². The summed E-state index contributed by atoms with van der Waals surface area (Å²) in [4.78, 5) is 24.9. The number of Topliss-reactive ketones (excluding diaryl/α,β-unsaturated/α-hetero) is 1. The fourth-order valence-corrected chi connectivity index (χ4v) is 6.11. The van der Waals surface area contributed by atoms with E-state index >= 15 is 0 Å². The van der Waals surface area contributed by atoms with E-state index in [4.69, 9.17) is 9.47 Å². The Morgan fingerprint density at radius 1 is 1.03 bits per heavy atom. The lowest BCUT2D eigenvalue weighted by Crippen LogP contribution is -2.36. The summed E-state index contributed by atoms with van der Waals surface area (Å²) in [5, 5.41) is 0. The van der Waals surface area contributed by atoms with Crippen LogP contribution in [0.4, 0.5) is 0 Å². The first kappa shape index (κ1) is 18.8. The number of allylic oxidation sites excluding steroid dienone is 3. The van der Waals surface area contributed by atoms with Crippen molar-refractivity contribution in [2.75, 3.05) is 13.7 Å². The molecule has 1 saturated heterocycles. The lowest BCUT2D eigenvalue weighted by Gasteiger charge is -2.39. The number of carbonyl (C=O) groups excluding carboxylic acids is 2. The van der Waals surface area contributed by atoms with Crippen LogP contribution in [0.1, 0.15) is 57.1 Å². The van der Waals surface area contributed by atoms with Crippen LogP contribution in [-0.2, 0) is 14.3 Å². The Kier molecular flexibility index (Phi) is 4.50. The number of fused-ring (bicyclic) bond motifs is 4. The minimum atomic E-state index is -0.399. The molecular weight excluding hydrogens is 364 g/mol. The van der Waals surface area contributed by atoms with Crippen LogP contribution in [-0.4, -0.2) is 25.3 Å². The molecule has 2 fully saturated rings. The third-order valence-electron chi connectivity index (χ3n) is 7.69. The highest BCUT2D eigenvalue weighted by Crippen LogP contribution is 2.57. The largest absolute Gasteiger partial charge is 0.497 e. The quantitative estimate of drug-likeness (QED) is 0.729. The molecule has 0 N–H and O–H groups in total. The van der Waals surface area contributed by atoms with Gasteiger partial charge in [0.15, 0.2) is 5.78 Å². The molecule has 1 aromatic carbocycles. The van der Waals surface area contributed by atoms with Gasteiger partial charge in [-0.1, -0.05) is 19.1 Å². The fraction of sp³-hybridized carbons (Fsp3) is 0.520. The Bertz CT molecular complexity index is 923. The van der Waals surface area contributed by atoms with E-state index in [1.165, 1.54) is 16.7 Å². The van der Waals surface area contributed by atoms with Crippen molar-refractivity contribution in [2.24, 2.45) is 17.3 Å². The molecule has 0 aromatic heterocycles. The van der Waals surface area contributed by atoms with E-state index < -0.39 is 5.41 Å². The second-order valence-corrected chi connectivity index (χ2v) is 9.16. The van der Waals surface area contributed by atoms with Gasteiger partial charge in [-0.15, -0.1) is 0 Å². The van der Waals surface area contributed by atoms with Crippen LogP contribution in [0.5, 0.6) is 5.75 Å². The summed E-state index contributed by atoms with van der Waals surface area (Å²) in [6, 6.07) is 8.10. The van der Waals surface area contributed by atoms with Crippen molar-refractivity contribution < 1.29 is 19.1 Å². The number of rotatable bonds is 2. The summed E-state index contributed by atoms with van der Waals surface area (Å²) in [6.45, 7) is 2.58. The molecule has 29 heavy (non-hydrogen) atoms. The standard InChI is InChI=1S/C25H28O4/c1-25-14-29-24(15-3-7-18(28-2)8-4-15)23-19-10-6-17(26)13-16(19)5-9-20(23)21(25)11-12-22(25)27/h3-4,7-8,13,20-21,24H,5-6,9-12,14H2,1-2H3/t20?,21?,24-,25-/m0/s1. The van der Waals surface area contributed by atoms with E-state index in [9.17, 15) is 9.59 Å². The predicted molar refractivity (Wildman–Crippen MR) is 110 cm³/mol. The van der Waals surface area contributed by atoms with Crippen molar-refractivity contribution in [3.05, 3.63) is 52.6 Å². The van der Waals surface area contributed by atoms with Crippen molar-refractivity contribution in [3.8, 4) is 5.75 Å². The van der Waals surface area contributed by atoms with E-state index in [1.807, 2.05) is 18.2 Å². The van der Waals surface area contributed by atoms with E-state index in [0.717, 1.165) is 37.0 Å². The zero-order valence-electron chi connectivity index (χ0n) is 17.2. The molecule has 1 heterocycles. The summed E-state index contributed by atoms with van der Waals surface area (Å²) in [6.07, 6.45) is 6.62. The molecule has 5 rings (SSSR count). The number of benzene rings is 1. The summed E-state index contributed by atoms with van der Waals surface area (Å²) in [7, 11) is 1.67. The lowest BCUT2D eigenvalue weighted by atomic mass is 9.64. The number of hydrogen-bond acceptors (Lipinski definition) is 4. The molecule has 0 radical (unpaired) electrons. The number of ketones is 2. The van der Waals surface area contributed by atoms with Gasteiger partial charge in [-0.2, -0.15) is 0 Å². The topological polar surface area (TPSA) is 52.6 Å². The van der Waals surface area contributed by atoms with Gasteiger partial charge >= 0.3 is 0 Å². The van der Waals surface area contributed by atoms with Gasteiger partial charge in [0.2, 0.25) is 0 Å². The Labute approximate surface area is 172 Å². The van der Waals surface area contributed by atoms with Crippen LogP contribution >= 0.6 is 0 Å². The zero-order chi connectivity index (χ0) is 20.2. The first-order valence-corrected chi connectivity index (χ1v) is 10.8. The fourth-order valence-electron chi connectivity index (χ4n) is 6.11. The molecule has 2 unspecified atom stereocenters. The smallest absolute Gasteiger partial charge is 0.156 e. The average Bonchev–Trinajstić information content (AvgIpc) is 2.95. The van der Waals surface area contributed by atoms with Gasteiger partial charge in [0, 0.05) is 12.8 Å². The van der Waals surface area contributed by atoms with Gasteiger partial charge in [0.1, 0.15) is 17.6 Å². The summed E-state index contributed by atoms with van der Waals surface area (Å²) >= 11 is 0. The summed E-state index contributed by atoms with van der Waals surface area (Å²) in [5.41, 5.74) is 4.56. The molecule has 3 aliphatic carbocycles. The van der Waals surface area contributed by atoms with Crippen LogP contribution in [0, 0.1) is 17.3 Å². The Hall–Kier alpha value is -2.20. The maximum atomic E-state index is 12.8. The van der Waals surface area contributed by atoms with Crippen LogP contribution in [0.2, 0.25) is 0 Å². The van der Waals surface area contributed by atoms with Crippen LogP contribution in [0.15, 0.2) is 47.1 Å². The molecular formula is C25H28O4. The van der Waals surface area contributed by atoms with E-state index in [-0.39, 0.29) is 11.9 Å². The number of ether oxygens (including phenoxy) is 2. The molecule has 4 nitrogen and oxygen atoms in total. The van der Waals surface area contributed by atoms with Crippen molar-refractivity contribution in [1.82, 2.24) is 0 Å². The monoisotopic (exact) mass is 392 g/mol. The third-order valence-corrected chi connectivity index (χ3v) is 7.69. The van der Waals surface area contributed by atoms with E-state index in [1.54, 1.807) is 7.11 Å². The Morgan fingerprint density at radius 2 is 1.83 bits per heavy atom. The van der Waals surface area contributed by atoms with Gasteiger partial charge in [0.05, 0.1) is 19.1 Å². The number of methoxy groups -OCH3 is 1. The first-order valence-electron chi connectivity index (χ1n) is 10.8. The highest BCUT2D eigenvalue weighted by atomic mass is 16.5. The van der Waals surface area contributed by atoms with Gasteiger partial charge in [-0.25, -0.2) is 0 Å². The van der Waals surface area contributed by atoms with Crippen molar-refractivity contribution in [2.45, 2.75) is 51.6 Å². The van der Waals surface area contributed by atoms with Gasteiger partial charge in [-0.05, 0) is 78.0 Å². The van der Waals surface area contributed by atoms with Crippen molar-refractivity contribution >= 4 is 11.6 Å².